The van der Waals surface area contributed by atoms with E-state index in [-0.39, 0.29) is 24.0 Å². The Kier molecular flexibility index (Phi) is 13.6. The Morgan fingerprint density at radius 1 is 1.00 bits per heavy atom. The quantitative estimate of drug-likeness (QED) is 0.182. The molecule has 0 radical (unpaired) electrons. The molecule has 0 atom stereocenters. The molecule has 0 aliphatic rings. The smallest absolute Gasteiger partial charge is 0.213 e. The third-order valence-corrected chi connectivity index (χ3v) is 4.21. The molecule has 7 nitrogen and oxygen atoms in total. The number of nitrogens with zero attached hydrogens (tertiary/aromatic N) is 2. The number of aromatic nitrogens is 1. The summed E-state index contributed by atoms with van der Waals surface area (Å²) in [6, 6.07) is 10.1. The molecule has 0 aliphatic carbocycles. The van der Waals surface area contributed by atoms with Crippen LogP contribution in [0.1, 0.15) is 37.5 Å². The van der Waals surface area contributed by atoms with Crippen LogP contribution in [0.4, 0.5) is 0 Å². The van der Waals surface area contributed by atoms with Crippen LogP contribution in [0.2, 0.25) is 0 Å². The van der Waals surface area contributed by atoms with Gasteiger partial charge < -0.3 is 24.8 Å². The molecule has 2 N–H and O–H groups in total. The monoisotopic (exact) mass is 542 g/mol. The number of hydrogen-bond donors (Lipinski definition) is 2. The van der Waals surface area contributed by atoms with Crippen LogP contribution >= 0.6 is 24.0 Å². The van der Waals surface area contributed by atoms with E-state index in [1.807, 2.05) is 32.9 Å². The molecule has 8 heteroatoms. The van der Waals surface area contributed by atoms with Gasteiger partial charge >= 0.3 is 0 Å². The number of benzene rings is 1. The van der Waals surface area contributed by atoms with Crippen molar-refractivity contribution in [1.29, 1.82) is 0 Å². The lowest BCUT2D eigenvalue weighted by Gasteiger charge is -2.15. The van der Waals surface area contributed by atoms with Gasteiger partial charge in [-0.1, -0.05) is 12.1 Å². The maximum absolute atomic E-state index is 5.93. The molecule has 2 rings (SSSR count). The van der Waals surface area contributed by atoms with Crippen molar-refractivity contribution < 1.29 is 14.2 Å². The third-order valence-electron chi connectivity index (χ3n) is 4.21. The van der Waals surface area contributed by atoms with Gasteiger partial charge in [-0.25, -0.2) is 9.98 Å². The fourth-order valence-corrected chi connectivity index (χ4v) is 2.76. The van der Waals surface area contributed by atoms with Gasteiger partial charge in [0, 0.05) is 37.5 Å². The standard InChI is InChI=1S/C23H34N4O3.HI/c1-5-24-23(26-16-19-10-11-25-22(15-19)29-7-3)27-17-20-9-8-18(4)14-21(20)30-13-12-28-6-2;/h8-11,14-15H,5-7,12-13,16-17H2,1-4H3,(H2,24,26,27);1H. The molecule has 0 unspecified atom stereocenters. The largest absolute Gasteiger partial charge is 0.491 e. The average molecular weight is 542 g/mol. The zero-order valence-corrected chi connectivity index (χ0v) is 21.3. The SMILES string of the molecule is CCNC(=NCc1ccnc(OCC)c1)NCc1ccc(C)cc1OCCOCC.I. The Labute approximate surface area is 203 Å². The number of rotatable bonds is 12. The first-order valence-corrected chi connectivity index (χ1v) is 10.6. The van der Waals surface area contributed by atoms with E-state index in [0.29, 0.717) is 45.4 Å². The minimum absolute atomic E-state index is 0. The van der Waals surface area contributed by atoms with Crippen molar-refractivity contribution in [3.8, 4) is 11.6 Å². The van der Waals surface area contributed by atoms with Crippen LogP contribution < -0.4 is 20.1 Å². The number of nitrogens with one attached hydrogen (secondary N) is 2. The van der Waals surface area contributed by atoms with E-state index in [1.54, 1.807) is 6.20 Å². The number of aryl methyl sites for hydroxylation is 1. The molecule has 2 aromatic rings. The van der Waals surface area contributed by atoms with Gasteiger partial charge in [-0.15, -0.1) is 24.0 Å². The van der Waals surface area contributed by atoms with Gasteiger partial charge in [-0.2, -0.15) is 0 Å². The van der Waals surface area contributed by atoms with Crippen molar-refractivity contribution in [2.45, 2.75) is 40.8 Å². The molecular weight excluding hydrogens is 507 g/mol. The summed E-state index contributed by atoms with van der Waals surface area (Å²) in [6.45, 7) is 12.3. The van der Waals surface area contributed by atoms with E-state index < -0.39 is 0 Å². The Hall–Kier alpha value is -2.07. The van der Waals surface area contributed by atoms with Gasteiger partial charge in [-0.3, -0.25) is 0 Å². The van der Waals surface area contributed by atoms with E-state index >= 15 is 0 Å². The van der Waals surface area contributed by atoms with Gasteiger partial charge in [0.1, 0.15) is 12.4 Å². The van der Waals surface area contributed by atoms with E-state index in [9.17, 15) is 0 Å². The minimum atomic E-state index is 0. The van der Waals surface area contributed by atoms with Crippen molar-refractivity contribution in [2.75, 3.05) is 33.0 Å². The van der Waals surface area contributed by atoms with Crippen molar-refractivity contribution >= 4 is 29.9 Å². The molecule has 0 spiro atoms. The summed E-state index contributed by atoms with van der Waals surface area (Å²) in [7, 11) is 0. The summed E-state index contributed by atoms with van der Waals surface area (Å²) < 4.78 is 16.8. The first kappa shape index (κ1) is 27.0. The van der Waals surface area contributed by atoms with Crippen molar-refractivity contribution in [3.63, 3.8) is 0 Å². The lowest BCUT2D eigenvalue weighted by atomic mass is 10.1. The molecule has 1 aromatic carbocycles. The number of halogens is 1. The van der Waals surface area contributed by atoms with E-state index in [1.165, 1.54) is 0 Å². The predicted molar refractivity (Wildman–Crippen MR) is 136 cm³/mol. The topological polar surface area (TPSA) is 77.0 Å². The Morgan fingerprint density at radius 2 is 1.84 bits per heavy atom. The first-order chi connectivity index (χ1) is 14.7. The molecule has 0 saturated carbocycles. The number of ether oxygens (including phenoxy) is 3. The highest BCUT2D eigenvalue weighted by Gasteiger charge is 2.06. The Morgan fingerprint density at radius 3 is 2.58 bits per heavy atom. The highest BCUT2D eigenvalue weighted by Crippen LogP contribution is 2.20. The second-order valence-electron chi connectivity index (χ2n) is 6.64. The average Bonchev–Trinajstić information content (AvgIpc) is 2.75. The van der Waals surface area contributed by atoms with Crippen molar-refractivity contribution in [2.24, 2.45) is 4.99 Å². The van der Waals surface area contributed by atoms with Gasteiger partial charge in [0.15, 0.2) is 5.96 Å². The van der Waals surface area contributed by atoms with Crippen LogP contribution in [0.25, 0.3) is 0 Å². The summed E-state index contributed by atoms with van der Waals surface area (Å²) in [4.78, 5) is 8.88. The summed E-state index contributed by atoms with van der Waals surface area (Å²) >= 11 is 0. The first-order valence-electron chi connectivity index (χ1n) is 10.6. The molecular formula is C23H35IN4O3. The normalized spacial score (nSPS) is 10.9. The van der Waals surface area contributed by atoms with Gasteiger partial charge in [0.2, 0.25) is 5.88 Å². The van der Waals surface area contributed by atoms with E-state index in [0.717, 1.165) is 34.9 Å². The third kappa shape index (κ3) is 10.2. The molecule has 31 heavy (non-hydrogen) atoms. The second-order valence-corrected chi connectivity index (χ2v) is 6.64. The van der Waals surface area contributed by atoms with Crippen LogP contribution in [0, 0.1) is 6.92 Å². The molecule has 0 fully saturated rings. The molecule has 0 bridgehead atoms. The zero-order valence-electron chi connectivity index (χ0n) is 18.9. The minimum Gasteiger partial charge on any atom is -0.491 e. The zero-order chi connectivity index (χ0) is 21.6. The molecule has 0 saturated heterocycles. The van der Waals surface area contributed by atoms with Gasteiger partial charge in [0.05, 0.1) is 19.8 Å². The van der Waals surface area contributed by atoms with Crippen LogP contribution in [0.5, 0.6) is 11.6 Å². The van der Waals surface area contributed by atoms with E-state index in [4.69, 9.17) is 14.2 Å². The number of hydrogen-bond acceptors (Lipinski definition) is 5. The number of pyridine rings is 1. The van der Waals surface area contributed by atoms with E-state index in [2.05, 4.69) is 45.7 Å². The summed E-state index contributed by atoms with van der Waals surface area (Å²) in [6.07, 6.45) is 1.74. The maximum Gasteiger partial charge on any atom is 0.213 e. The lowest BCUT2D eigenvalue weighted by Crippen LogP contribution is -2.36. The molecule has 0 aliphatic heterocycles. The molecule has 1 heterocycles. The van der Waals surface area contributed by atoms with Gasteiger partial charge in [0.25, 0.3) is 0 Å². The lowest BCUT2D eigenvalue weighted by molar-refractivity contribution is 0.110. The molecule has 1 aromatic heterocycles. The van der Waals surface area contributed by atoms with Crippen molar-refractivity contribution in [3.05, 3.63) is 53.2 Å². The number of aliphatic imine (C=N–C) groups is 1. The summed E-state index contributed by atoms with van der Waals surface area (Å²) in [5.41, 5.74) is 3.28. The number of guanidine groups is 1. The fourth-order valence-electron chi connectivity index (χ4n) is 2.76. The van der Waals surface area contributed by atoms with Crippen LogP contribution in [0.15, 0.2) is 41.5 Å². The Balaban J connectivity index is 0.00000480. The molecule has 0 amide bonds. The predicted octanol–water partition coefficient (Wildman–Crippen LogP) is 4.08. The van der Waals surface area contributed by atoms with Crippen LogP contribution in [-0.2, 0) is 17.8 Å². The maximum atomic E-state index is 5.93. The summed E-state index contributed by atoms with van der Waals surface area (Å²) in [5, 5.41) is 6.67. The fraction of sp³-hybridized carbons (Fsp3) is 0.478. The highest BCUT2D eigenvalue weighted by atomic mass is 127. The van der Waals surface area contributed by atoms with Crippen LogP contribution in [-0.4, -0.2) is 43.9 Å². The van der Waals surface area contributed by atoms with Crippen LogP contribution in [0.3, 0.4) is 0 Å². The second kappa shape index (κ2) is 15.7. The van der Waals surface area contributed by atoms with Crippen molar-refractivity contribution in [1.82, 2.24) is 15.6 Å². The highest BCUT2D eigenvalue weighted by molar-refractivity contribution is 14.0. The van der Waals surface area contributed by atoms with Gasteiger partial charge in [-0.05, 0) is 51.0 Å². The Bertz CT molecular complexity index is 802. The molecule has 172 valence electrons. The summed E-state index contributed by atoms with van der Waals surface area (Å²) in [5.74, 6) is 2.23.